The molecule has 0 aliphatic carbocycles. The Morgan fingerprint density at radius 3 is 2.65 bits per heavy atom. The molecule has 1 aliphatic rings. The summed E-state index contributed by atoms with van der Waals surface area (Å²) in [4.78, 5) is 30.5. The third-order valence-corrected chi connectivity index (χ3v) is 4.93. The van der Waals surface area contributed by atoms with Gasteiger partial charge >= 0.3 is 0 Å². The Kier molecular flexibility index (Phi) is 5.39. The molecule has 3 rings (SSSR count). The summed E-state index contributed by atoms with van der Waals surface area (Å²) < 4.78 is 3.64. The molecular formula is C18H26N6O2. The van der Waals surface area contributed by atoms with Crippen molar-refractivity contribution in [3.63, 3.8) is 0 Å². The zero-order valence-electron chi connectivity index (χ0n) is 15.6. The van der Waals surface area contributed by atoms with Gasteiger partial charge in [-0.15, -0.1) is 5.10 Å². The fourth-order valence-electron chi connectivity index (χ4n) is 3.28. The van der Waals surface area contributed by atoms with E-state index in [-0.39, 0.29) is 23.6 Å². The van der Waals surface area contributed by atoms with Gasteiger partial charge in [0.15, 0.2) is 0 Å². The van der Waals surface area contributed by atoms with Gasteiger partial charge in [-0.2, -0.15) is 0 Å². The highest BCUT2D eigenvalue weighted by molar-refractivity contribution is 5.90. The lowest BCUT2D eigenvalue weighted by Crippen LogP contribution is -2.35. The van der Waals surface area contributed by atoms with Crippen LogP contribution in [0.25, 0.3) is 0 Å². The van der Waals surface area contributed by atoms with Crippen LogP contribution in [0.15, 0.2) is 18.5 Å². The van der Waals surface area contributed by atoms with E-state index in [1.165, 1.54) is 0 Å². The maximum absolute atomic E-state index is 12.4. The van der Waals surface area contributed by atoms with Crippen molar-refractivity contribution < 1.29 is 9.59 Å². The molecule has 0 aromatic carbocycles. The van der Waals surface area contributed by atoms with Crippen LogP contribution in [0, 0.1) is 19.8 Å². The first-order valence-electron chi connectivity index (χ1n) is 9.06. The van der Waals surface area contributed by atoms with Crippen LogP contribution in [0.1, 0.15) is 35.4 Å². The standard InChI is InChI=1S/C18H26N6O2/c1-4-23-12-20-17(21-23)18(26)22-8-7-15(10-22)9-19-16(25)11-24-13(2)5-6-14(24)3/h5-6,12,15H,4,7-11H2,1-3H3,(H,19,25). The maximum Gasteiger partial charge on any atom is 0.293 e. The average molecular weight is 358 g/mol. The first-order valence-corrected chi connectivity index (χ1v) is 9.06. The second-order valence-electron chi connectivity index (χ2n) is 6.84. The fraction of sp³-hybridized carbons (Fsp3) is 0.556. The molecule has 0 bridgehead atoms. The van der Waals surface area contributed by atoms with Gasteiger partial charge in [-0.25, -0.2) is 4.98 Å². The largest absolute Gasteiger partial charge is 0.354 e. The number of carbonyl (C=O) groups excluding carboxylic acids is 2. The maximum atomic E-state index is 12.4. The molecule has 1 atom stereocenters. The molecule has 1 aliphatic heterocycles. The Labute approximate surface area is 153 Å². The Hall–Kier alpha value is -2.64. The van der Waals surface area contributed by atoms with Crippen molar-refractivity contribution >= 4 is 11.8 Å². The molecule has 140 valence electrons. The number of rotatable bonds is 6. The van der Waals surface area contributed by atoms with E-state index in [4.69, 9.17) is 0 Å². The smallest absolute Gasteiger partial charge is 0.293 e. The van der Waals surface area contributed by atoms with Gasteiger partial charge in [0, 0.05) is 37.6 Å². The van der Waals surface area contributed by atoms with Crippen LogP contribution in [0.3, 0.4) is 0 Å². The summed E-state index contributed by atoms with van der Waals surface area (Å²) in [5.74, 6) is 0.378. The van der Waals surface area contributed by atoms with Gasteiger partial charge in [0.2, 0.25) is 11.7 Å². The molecule has 26 heavy (non-hydrogen) atoms. The van der Waals surface area contributed by atoms with Gasteiger partial charge in [0.1, 0.15) is 12.9 Å². The van der Waals surface area contributed by atoms with Crippen LogP contribution in [0.4, 0.5) is 0 Å². The van der Waals surface area contributed by atoms with E-state index >= 15 is 0 Å². The van der Waals surface area contributed by atoms with Crippen molar-refractivity contribution in [3.05, 3.63) is 35.7 Å². The summed E-state index contributed by atoms with van der Waals surface area (Å²) in [7, 11) is 0. The van der Waals surface area contributed by atoms with E-state index in [0.29, 0.717) is 32.7 Å². The van der Waals surface area contributed by atoms with Crippen molar-refractivity contribution in [2.75, 3.05) is 19.6 Å². The van der Waals surface area contributed by atoms with Crippen LogP contribution in [0.5, 0.6) is 0 Å². The summed E-state index contributed by atoms with van der Waals surface area (Å²) in [6.07, 6.45) is 2.45. The molecule has 2 aromatic heterocycles. The SMILES string of the molecule is CCn1cnc(C(=O)N2CCC(CNC(=O)Cn3c(C)ccc3C)C2)n1. The quantitative estimate of drug-likeness (QED) is 0.835. The highest BCUT2D eigenvalue weighted by Gasteiger charge is 2.29. The first-order chi connectivity index (χ1) is 12.5. The number of aryl methyl sites for hydroxylation is 3. The van der Waals surface area contributed by atoms with E-state index in [0.717, 1.165) is 17.8 Å². The lowest BCUT2D eigenvalue weighted by molar-refractivity contribution is -0.121. The predicted molar refractivity (Wildman–Crippen MR) is 96.6 cm³/mol. The molecule has 1 fully saturated rings. The van der Waals surface area contributed by atoms with Gasteiger partial charge in [-0.1, -0.05) is 0 Å². The highest BCUT2D eigenvalue weighted by Crippen LogP contribution is 2.17. The molecule has 0 radical (unpaired) electrons. The second kappa shape index (κ2) is 7.72. The van der Waals surface area contributed by atoms with E-state index in [1.807, 2.05) is 37.5 Å². The molecule has 8 nitrogen and oxygen atoms in total. The monoisotopic (exact) mass is 358 g/mol. The van der Waals surface area contributed by atoms with Crippen molar-refractivity contribution in [1.29, 1.82) is 0 Å². The fourth-order valence-corrected chi connectivity index (χ4v) is 3.28. The predicted octanol–water partition coefficient (Wildman–Crippen LogP) is 0.995. The Balaban J connectivity index is 1.47. The Morgan fingerprint density at radius 2 is 2.00 bits per heavy atom. The van der Waals surface area contributed by atoms with Crippen LogP contribution in [-0.4, -0.2) is 55.7 Å². The lowest BCUT2D eigenvalue weighted by Gasteiger charge is -2.15. The third kappa shape index (κ3) is 3.95. The number of aromatic nitrogens is 4. The normalized spacial score (nSPS) is 16.9. The zero-order chi connectivity index (χ0) is 18.7. The zero-order valence-corrected chi connectivity index (χ0v) is 15.6. The minimum absolute atomic E-state index is 0.000493. The number of hydrogen-bond donors (Lipinski definition) is 1. The first kappa shape index (κ1) is 18.2. The second-order valence-corrected chi connectivity index (χ2v) is 6.84. The van der Waals surface area contributed by atoms with Crippen molar-refractivity contribution in [3.8, 4) is 0 Å². The average Bonchev–Trinajstić information content (AvgIpc) is 3.36. The van der Waals surface area contributed by atoms with Gasteiger partial charge in [-0.05, 0) is 45.2 Å². The van der Waals surface area contributed by atoms with Crippen molar-refractivity contribution in [2.24, 2.45) is 5.92 Å². The van der Waals surface area contributed by atoms with E-state index in [1.54, 1.807) is 15.9 Å². The molecule has 2 amide bonds. The number of hydrogen-bond acceptors (Lipinski definition) is 4. The number of likely N-dealkylation sites (tertiary alicyclic amines) is 1. The summed E-state index contributed by atoms with van der Waals surface area (Å²) in [5, 5.41) is 7.17. The van der Waals surface area contributed by atoms with Crippen LogP contribution in [0.2, 0.25) is 0 Å². The summed E-state index contributed by atoms with van der Waals surface area (Å²) in [5.41, 5.74) is 2.16. The van der Waals surface area contributed by atoms with E-state index in [9.17, 15) is 9.59 Å². The van der Waals surface area contributed by atoms with Crippen molar-refractivity contribution in [1.82, 2.24) is 29.5 Å². The van der Waals surface area contributed by atoms with E-state index < -0.39 is 0 Å². The van der Waals surface area contributed by atoms with Crippen molar-refractivity contribution in [2.45, 2.75) is 40.3 Å². The van der Waals surface area contributed by atoms with Gasteiger partial charge in [0.05, 0.1) is 0 Å². The summed E-state index contributed by atoms with van der Waals surface area (Å²) in [6.45, 7) is 8.85. The Bertz CT molecular complexity index is 774. The minimum Gasteiger partial charge on any atom is -0.354 e. The molecule has 0 saturated carbocycles. The summed E-state index contributed by atoms with van der Waals surface area (Å²) in [6, 6.07) is 4.02. The van der Waals surface area contributed by atoms with Gasteiger partial charge in [0.25, 0.3) is 5.91 Å². The number of carbonyl (C=O) groups is 2. The van der Waals surface area contributed by atoms with Crippen LogP contribution >= 0.6 is 0 Å². The Morgan fingerprint density at radius 1 is 1.27 bits per heavy atom. The lowest BCUT2D eigenvalue weighted by atomic mass is 10.1. The van der Waals surface area contributed by atoms with Gasteiger partial charge < -0.3 is 14.8 Å². The van der Waals surface area contributed by atoms with Crippen LogP contribution in [-0.2, 0) is 17.9 Å². The molecule has 8 heteroatoms. The highest BCUT2D eigenvalue weighted by atomic mass is 16.2. The number of nitrogens with one attached hydrogen (secondary N) is 1. The molecular weight excluding hydrogens is 332 g/mol. The molecule has 1 saturated heterocycles. The van der Waals surface area contributed by atoms with E-state index in [2.05, 4.69) is 15.4 Å². The minimum atomic E-state index is -0.135. The number of nitrogens with zero attached hydrogens (tertiary/aromatic N) is 5. The van der Waals surface area contributed by atoms with Gasteiger partial charge in [-0.3, -0.25) is 14.3 Å². The summed E-state index contributed by atoms with van der Waals surface area (Å²) >= 11 is 0. The molecule has 1 unspecified atom stereocenters. The molecule has 2 aromatic rings. The third-order valence-electron chi connectivity index (χ3n) is 4.93. The topological polar surface area (TPSA) is 85.0 Å². The molecule has 0 spiro atoms. The van der Waals surface area contributed by atoms with Crippen LogP contribution < -0.4 is 5.32 Å². The molecule has 3 heterocycles. The molecule has 1 N–H and O–H groups in total. The number of amides is 2.